The number of rotatable bonds is 6. The third kappa shape index (κ3) is 4.78. The van der Waals surface area contributed by atoms with E-state index in [1.165, 1.54) is 7.11 Å². The Balaban J connectivity index is 4.20. The molecule has 0 rings (SSSR count). The topological polar surface area (TPSA) is 64.6 Å². The van der Waals surface area contributed by atoms with Crippen LogP contribution in [-0.4, -0.2) is 37.7 Å². The van der Waals surface area contributed by atoms with E-state index in [2.05, 4.69) is 10.1 Å². The summed E-state index contributed by atoms with van der Waals surface area (Å²) < 4.78 is 9.40. The van der Waals surface area contributed by atoms with Crippen LogP contribution in [0.3, 0.4) is 0 Å². The average molecular weight is 217 g/mol. The van der Waals surface area contributed by atoms with Crippen molar-refractivity contribution in [2.24, 2.45) is 0 Å². The molecule has 0 aromatic rings. The highest BCUT2D eigenvalue weighted by atomic mass is 16.5. The Kier molecular flexibility index (Phi) is 6.70. The maximum absolute atomic E-state index is 11.4. The van der Waals surface area contributed by atoms with Crippen molar-refractivity contribution in [1.82, 2.24) is 5.32 Å². The van der Waals surface area contributed by atoms with Gasteiger partial charge in [0, 0.05) is 0 Å². The molecule has 0 aliphatic carbocycles. The van der Waals surface area contributed by atoms with Gasteiger partial charge in [0.1, 0.15) is 12.1 Å². The first-order valence-electron chi connectivity index (χ1n) is 5.07. The van der Waals surface area contributed by atoms with Crippen molar-refractivity contribution >= 4 is 11.9 Å². The fraction of sp³-hybridized carbons (Fsp3) is 0.800. The van der Waals surface area contributed by atoms with Gasteiger partial charge in [-0.25, -0.2) is 0 Å². The lowest BCUT2D eigenvalue weighted by Gasteiger charge is -2.18. The molecule has 0 aromatic carbocycles. The molecule has 0 spiro atoms. The summed E-state index contributed by atoms with van der Waals surface area (Å²) in [5, 5.41) is 2.85. The van der Waals surface area contributed by atoms with Crippen molar-refractivity contribution in [1.29, 1.82) is 0 Å². The summed E-state index contributed by atoms with van der Waals surface area (Å²) in [6.45, 7) is 5.57. The van der Waals surface area contributed by atoms with Crippen molar-refractivity contribution in [3.05, 3.63) is 0 Å². The molecule has 0 saturated carbocycles. The average Bonchev–Trinajstić information content (AvgIpc) is 2.24. The maximum Gasteiger partial charge on any atom is 0.323 e. The van der Waals surface area contributed by atoms with Crippen LogP contribution in [0, 0.1) is 0 Å². The second-order valence-corrected chi connectivity index (χ2v) is 3.12. The Morgan fingerprint density at radius 3 is 2.27 bits per heavy atom. The first-order valence-corrected chi connectivity index (χ1v) is 5.07. The molecular formula is C10H19NO4. The molecule has 0 aromatic heterocycles. The van der Waals surface area contributed by atoms with Crippen molar-refractivity contribution in [2.75, 3.05) is 13.7 Å². The first kappa shape index (κ1) is 13.9. The molecule has 0 amide bonds. The Bertz CT molecular complexity index is 217. The molecule has 0 saturated heterocycles. The van der Waals surface area contributed by atoms with Crippen LogP contribution in [0.15, 0.2) is 0 Å². The van der Waals surface area contributed by atoms with Crippen molar-refractivity contribution in [2.45, 2.75) is 39.3 Å². The zero-order valence-electron chi connectivity index (χ0n) is 9.70. The number of carbonyl (C=O) groups excluding carboxylic acids is 2. The summed E-state index contributed by atoms with van der Waals surface area (Å²) >= 11 is 0. The summed E-state index contributed by atoms with van der Waals surface area (Å²) in [6.07, 6.45) is 0.570. The summed E-state index contributed by atoms with van der Waals surface area (Å²) in [6, 6.07) is -0.969. The summed E-state index contributed by atoms with van der Waals surface area (Å²) in [5.74, 6) is -0.728. The van der Waals surface area contributed by atoms with E-state index in [-0.39, 0.29) is 5.97 Å². The summed E-state index contributed by atoms with van der Waals surface area (Å²) in [7, 11) is 1.31. The monoisotopic (exact) mass is 217 g/mol. The van der Waals surface area contributed by atoms with E-state index in [9.17, 15) is 9.59 Å². The van der Waals surface area contributed by atoms with E-state index in [0.29, 0.717) is 13.0 Å². The van der Waals surface area contributed by atoms with Crippen LogP contribution in [0.1, 0.15) is 27.2 Å². The van der Waals surface area contributed by atoms with Gasteiger partial charge in [0.05, 0.1) is 13.7 Å². The van der Waals surface area contributed by atoms with Crippen molar-refractivity contribution in [3.8, 4) is 0 Å². The van der Waals surface area contributed by atoms with Gasteiger partial charge in [-0.2, -0.15) is 0 Å². The van der Waals surface area contributed by atoms with Crippen LogP contribution in [-0.2, 0) is 19.1 Å². The number of methoxy groups -OCH3 is 1. The largest absolute Gasteiger partial charge is 0.468 e. The molecule has 0 fully saturated rings. The number of hydrogen-bond acceptors (Lipinski definition) is 5. The van der Waals surface area contributed by atoms with Crippen molar-refractivity contribution < 1.29 is 19.1 Å². The molecule has 0 aliphatic rings. The maximum atomic E-state index is 11.4. The number of nitrogens with one attached hydrogen (secondary N) is 1. The molecule has 88 valence electrons. The van der Waals surface area contributed by atoms with Crippen LogP contribution in [0.2, 0.25) is 0 Å². The van der Waals surface area contributed by atoms with Crippen molar-refractivity contribution in [3.63, 3.8) is 0 Å². The predicted molar refractivity (Wildman–Crippen MR) is 55.3 cm³/mol. The molecular weight excluding hydrogens is 198 g/mol. The Hall–Kier alpha value is -1.10. The van der Waals surface area contributed by atoms with E-state index in [1.807, 2.05) is 6.92 Å². The van der Waals surface area contributed by atoms with Crippen LogP contribution >= 0.6 is 0 Å². The first-order chi connectivity index (χ1) is 7.06. The number of hydrogen-bond donors (Lipinski definition) is 1. The minimum absolute atomic E-state index is 0.337. The lowest BCUT2D eigenvalue weighted by atomic mass is 10.2. The third-order valence-electron chi connectivity index (χ3n) is 1.99. The second-order valence-electron chi connectivity index (χ2n) is 3.12. The minimum Gasteiger partial charge on any atom is -0.468 e. The molecule has 0 aliphatic heterocycles. The molecule has 2 unspecified atom stereocenters. The van der Waals surface area contributed by atoms with E-state index >= 15 is 0 Å². The number of carbonyl (C=O) groups is 2. The number of ether oxygens (including phenoxy) is 2. The van der Waals surface area contributed by atoms with Crippen LogP contribution in [0.5, 0.6) is 0 Å². The third-order valence-corrected chi connectivity index (χ3v) is 1.99. The molecule has 15 heavy (non-hydrogen) atoms. The van der Waals surface area contributed by atoms with Gasteiger partial charge in [0.15, 0.2) is 0 Å². The SMILES string of the molecule is CCOC(=O)C(CC)NC(C)C(=O)OC. The van der Waals surface area contributed by atoms with Gasteiger partial charge in [-0.15, -0.1) is 0 Å². The van der Waals surface area contributed by atoms with Gasteiger partial charge in [-0.1, -0.05) is 6.92 Å². The van der Waals surface area contributed by atoms with Gasteiger partial charge in [0.2, 0.25) is 0 Å². The van der Waals surface area contributed by atoms with Crippen LogP contribution in [0.4, 0.5) is 0 Å². The highest BCUT2D eigenvalue weighted by Crippen LogP contribution is 1.98. The highest BCUT2D eigenvalue weighted by molar-refractivity contribution is 5.79. The zero-order valence-corrected chi connectivity index (χ0v) is 9.70. The zero-order chi connectivity index (χ0) is 11.8. The van der Waals surface area contributed by atoms with E-state index in [1.54, 1.807) is 13.8 Å². The normalized spacial score (nSPS) is 14.1. The summed E-state index contributed by atoms with van der Waals surface area (Å²) in [5.41, 5.74) is 0. The van der Waals surface area contributed by atoms with Gasteiger partial charge in [-0.05, 0) is 20.3 Å². The van der Waals surface area contributed by atoms with E-state index < -0.39 is 18.1 Å². The lowest BCUT2D eigenvalue weighted by molar-refractivity contribution is -0.147. The Labute approximate surface area is 90.1 Å². The second kappa shape index (κ2) is 7.23. The smallest absolute Gasteiger partial charge is 0.323 e. The molecule has 5 nitrogen and oxygen atoms in total. The fourth-order valence-corrected chi connectivity index (χ4v) is 1.14. The quantitative estimate of drug-likeness (QED) is 0.655. The van der Waals surface area contributed by atoms with Gasteiger partial charge >= 0.3 is 11.9 Å². The Morgan fingerprint density at radius 2 is 1.87 bits per heavy atom. The molecule has 1 N–H and O–H groups in total. The van der Waals surface area contributed by atoms with Crippen LogP contribution in [0.25, 0.3) is 0 Å². The highest BCUT2D eigenvalue weighted by Gasteiger charge is 2.23. The molecule has 0 bridgehead atoms. The van der Waals surface area contributed by atoms with E-state index in [0.717, 1.165) is 0 Å². The molecule has 0 heterocycles. The molecule has 2 atom stereocenters. The Morgan fingerprint density at radius 1 is 1.27 bits per heavy atom. The molecule has 5 heteroatoms. The number of esters is 2. The molecule has 0 radical (unpaired) electrons. The minimum atomic E-state index is -0.510. The van der Waals surface area contributed by atoms with Gasteiger partial charge in [-0.3, -0.25) is 14.9 Å². The standard InChI is InChI=1S/C10H19NO4/c1-5-8(10(13)15-6-2)11-7(3)9(12)14-4/h7-8,11H,5-6H2,1-4H3. The predicted octanol–water partition coefficient (Wildman–Crippen LogP) is 0.479. The summed E-state index contributed by atoms with van der Waals surface area (Å²) in [4.78, 5) is 22.5. The van der Waals surface area contributed by atoms with Gasteiger partial charge < -0.3 is 9.47 Å². The van der Waals surface area contributed by atoms with Gasteiger partial charge in [0.25, 0.3) is 0 Å². The lowest BCUT2D eigenvalue weighted by Crippen LogP contribution is -2.46. The van der Waals surface area contributed by atoms with Crippen LogP contribution < -0.4 is 5.32 Å². The fourth-order valence-electron chi connectivity index (χ4n) is 1.14. The van der Waals surface area contributed by atoms with E-state index in [4.69, 9.17) is 4.74 Å².